The first kappa shape index (κ1) is 20.7. The van der Waals surface area contributed by atoms with Gasteiger partial charge in [-0.3, -0.25) is 4.79 Å². The molecule has 1 N–H and O–H groups in total. The van der Waals surface area contributed by atoms with Gasteiger partial charge in [0.25, 0.3) is 0 Å². The number of hydrogen-bond acceptors (Lipinski definition) is 5. The molecule has 0 aliphatic carbocycles. The molecule has 0 fully saturated rings. The number of nitrogens with one attached hydrogen (secondary N) is 1. The normalized spacial score (nSPS) is 10.6. The van der Waals surface area contributed by atoms with E-state index in [2.05, 4.69) is 22.1 Å². The number of thioether (sulfide) groups is 1. The van der Waals surface area contributed by atoms with E-state index in [0.29, 0.717) is 18.1 Å². The van der Waals surface area contributed by atoms with Gasteiger partial charge in [-0.1, -0.05) is 47.7 Å². The van der Waals surface area contributed by atoms with Gasteiger partial charge >= 0.3 is 0 Å². The Morgan fingerprint density at radius 1 is 1.17 bits per heavy atom. The summed E-state index contributed by atoms with van der Waals surface area (Å²) in [7, 11) is 1.65. The number of hydrogen-bond donors (Lipinski definition) is 1. The second-order valence-corrected chi connectivity index (χ2v) is 7.47. The van der Waals surface area contributed by atoms with Crippen LogP contribution < -0.4 is 10.1 Å². The van der Waals surface area contributed by atoms with Crippen molar-refractivity contribution in [1.82, 2.24) is 14.8 Å². The van der Waals surface area contributed by atoms with Crippen molar-refractivity contribution >= 4 is 23.4 Å². The van der Waals surface area contributed by atoms with Gasteiger partial charge in [-0.25, -0.2) is 0 Å². The van der Waals surface area contributed by atoms with Crippen molar-refractivity contribution in [1.29, 1.82) is 0 Å². The smallest absolute Gasteiger partial charge is 0.234 e. The van der Waals surface area contributed by atoms with Gasteiger partial charge in [-0.05, 0) is 36.8 Å². The molecule has 0 saturated carbocycles. The minimum Gasteiger partial charge on any atom is -0.497 e. The van der Waals surface area contributed by atoms with Crippen molar-refractivity contribution in [3.63, 3.8) is 0 Å². The largest absolute Gasteiger partial charge is 0.497 e. The van der Waals surface area contributed by atoms with Crippen LogP contribution in [-0.2, 0) is 17.8 Å². The number of nitrogens with zero attached hydrogens (tertiary/aromatic N) is 3. The molecule has 0 spiro atoms. The molecule has 0 aliphatic heterocycles. The summed E-state index contributed by atoms with van der Waals surface area (Å²) in [4.78, 5) is 12.3. The zero-order valence-electron chi connectivity index (χ0n) is 16.6. The van der Waals surface area contributed by atoms with Gasteiger partial charge in [0, 0.05) is 18.7 Å². The molecule has 3 aromatic rings. The summed E-state index contributed by atoms with van der Waals surface area (Å²) < 4.78 is 7.19. The molecular weight excluding hydrogens is 384 g/mol. The molecule has 150 valence electrons. The van der Waals surface area contributed by atoms with Crippen molar-refractivity contribution in [3.05, 3.63) is 78.1 Å². The lowest BCUT2D eigenvalue weighted by Crippen LogP contribution is -2.14. The van der Waals surface area contributed by atoms with Gasteiger partial charge in [-0.2, -0.15) is 0 Å². The highest BCUT2D eigenvalue weighted by Gasteiger charge is 2.14. The lowest BCUT2D eigenvalue weighted by atomic mass is 10.1. The highest BCUT2D eigenvalue weighted by molar-refractivity contribution is 7.99. The molecule has 1 heterocycles. The van der Waals surface area contributed by atoms with E-state index in [0.717, 1.165) is 28.4 Å². The van der Waals surface area contributed by atoms with E-state index in [-0.39, 0.29) is 11.7 Å². The van der Waals surface area contributed by atoms with Gasteiger partial charge in [0.15, 0.2) is 5.16 Å². The number of anilines is 1. The minimum atomic E-state index is -0.0799. The lowest BCUT2D eigenvalue weighted by molar-refractivity contribution is -0.113. The standard InChI is InChI=1S/C22H24N4O2S/c1-4-13-26-20(14-17-7-11-19(28-3)12-8-17)24-25-22(26)29-15-21(27)23-18-9-5-16(2)6-10-18/h4-12H,1,13-15H2,2-3H3,(H,23,27). The van der Waals surface area contributed by atoms with Crippen LogP contribution in [0.2, 0.25) is 0 Å². The summed E-state index contributed by atoms with van der Waals surface area (Å²) in [6, 6.07) is 15.6. The Kier molecular flexibility index (Phi) is 7.08. The lowest BCUT2D eigenvalue weighted by Gasteiger charge is -2.09. The van der Waals surface area contributed by atoms with Crippen molar-refractivity contribution in [2.75, 3.05) is 18.2 Å². The fourth-order valence-corrected chi connectivity index (χ4v) is 3.53. The molecule has 6 nitrogen and oxygen atoms in total. The number of ether oxygens (including phenoxy) is 1. The molecule has 7 heteroatoms. The maximum atomic E-state index is 12.3. The molecule has 0 atom stereocenters. The Bertz CT molecular complexity index is 965. The number of aromatic nitrogens is 3. The Labute approximate surface area is 175 Å². The van der Waals surface area contributed by atoms with Crippen molar-refractivity contribution < 1.29 is 9.53 Å². The number of amides is 1. The van der Waals surface area contributed by atoms with Crippen LogP contribution in [0.3, 0.4) is 0 Å². The number of carbonyl (C=O) groups excluding carboxylic acids is 1. The van der Waals surface area contributed by atoms with Crippen LogP contribution in [0.25, 0.3) is 0 Å². The van der Waals surface area contributed by atoms with Crippen molar-refractivity contribution in [3.8, 4) is 5.75 Å². The first-order valence-electron chi connectivity index (χ1n) is 9.24. The van der Waals surface area contributed by atoms with Gasteiger partial charge < -0.3 is 14.6 Å². The second kappa shape index (κ2) is 9.93. The third-order valence-corrected chi connectivity index (χ3v) is 5.26. The van der Waals surface area contributed by atoms with E-state index in [1.807, 2.05) is 60.0 Å². The number of carbonyl (C=O) groups is 1. The fourth-order valence-electron chi connectivity index (χ4n) is 2.76. The van der Waals surface area contributed by atoms with Crippen LogP contribution in [0.4, 0.5) is 5.69 Å². The Hall–Kier alpha value is -3.06. The van der Waals surface area contributed by atoms with Crippen molar-refractivity contribution in [2.45, 2.75) is 25.0 Å². The van der Waals surface area contributed by atoms with Gasteiger partial charge in [0.2, 0.25) is 5.91 Å². The summed E-state index contributed by atoms with van der Waals surface area (Å²) in [6.07, 6.45) is 2.44. The molecule has 29 heavy (non-hydrogen) atoms. The van der Waals surface area contributed by atoms with E-state index < -0.39 is 0 Å². The Morgan fingerprint density at radius 2 is 1.90 bits per heavy atom. The maximum absolute atomic E-state index is 12.3. The number of aryl methyl sites for hydroxylation is 1. The molecule has 0 aliphatic rings. The predicted molar refractivity (Wildman–Crippen MR) is 117 cm³/mol. The molecule has 0 unspecified atom stereocenters. The molecule has 0 bridgehead atoms. The maximum Gasteiger partial charge on any atom is 0.234 e. The second-order valence-electron chi connectivity index (χ2n) is 6.53. The highest BCUT2D eigenvalue weighted by Crippen LogP contribution is 2.20. The van der Waals surface area contributed by atoms with E-state index in [1.54, 1.807) is 13.2 Å². The van der Waals surface area contributed by atoms with E-state index in [1.165, 1.54) is 11.8 Å². The van der Waals surface area contributed by atoms with Crippen LogP contribution in [-0.4, -0.2) is 33.5 Å². The van der Waals surface area contributed by atoms with E-state index in [9.17, 15) is 4.79 Å². The molecule has 1 amide bonds. The van der Waals surface area contributed by atoms with Gasteiger partial charge in [0.05, 0.1) is 12.9 Å². The average molecular weight is 409 g/mol. The SMILES string of the molecule is C=CCn1c(Cc2ccc(OC)cc2)nnc1SCC(=O)Nc1ccc(C)cc1. The number of allylic oxidation sites excluding steroid dienone is 1. The third-order valence-electron chi connectivity index (χ3n) is 4.29. The molecular formula is C22H24N4O2S. The molecule has 1 aromatic heterocycles. The number of methoxy groups -OCH3 is 1. The minimum absolute atomic E-state index is 0.0799. The predicted octanol–water partition coefficient (Wildman–Crippen LogP) is 4.10. The summed E-state index contributed by atoms with van der Waals surface area (Å²) in [6.45, 7) is 6.42. The molecule has 0 saturated heterocycles. The summed E-state index contributed by atoms with van der Waals surface area (Å²) in [5, 5.41) is 12.2. The summed E-state index contributed by atoms with van der Waals surface area (Å²) >= 11 is 1.36. The van der Waals surface area contributed by atoms with Crippen LogP contribution in [0, 0.1) is 6.92 Å². The monoisotopic (exact) mass is 408 g/mol. The fraction of sp³-hybridized carbons (Fsp3) is 0.227. The summed E-state index contributed by atoms with van der Waals surface area (Å²) in [5.41, 5.74) is 3.05. The number of benzene rings is 2. The third kappa shape index (κ3) is 5.71. The van der Waals surface area contributed by atoms with E-state index >= 15 is 0 Å². The topological polar surface area (TPSA) is 69.0 Å². The Balaban J connectivity index is 1.64. The first-order valence-corrected chi connectivity index (χ1v) is 10.2. The van der Waals surface area contributed by atoms with Crippen LogP contribution in [0.1, 0.15) is 17.0 Å². The van der Waals surface area contributed by atoms with Gasteiger partial charge in [0.1, 0.15) is 11.6 Å². The van der Waals surface area contributed by atoms with Crippen LogP contribution >= 0.6 is 11.8 Å². The highest BCUT2D eigenvalue weighted by atomic mass is 32.2. The molecule has 2 aromatic carbocycles. The van der Waals surface area contributed by atoms with Gasteiger partial charge in [-0.15, -0.1) is 16.8 Å². The average Bonchev–Trinajstić information content (AvgIpc) is 3.10. The quantitative estimate of drug-likeness (QED) is 0.426. The molecule has 0 radical (unpaired) electrons. The Morgan fingerprint density at radius 3 is 2.55 bits per heavy atom. The number of rotatable bonds is 9. The van der Waals surface area contributed by atoms with Crippen LogP contribution in [0.5, 0.6) is 5.75 Å². The van der Waals surface area contributed by atoms with Crippen LogP contribution in [0.15, 0.2) is 66.3 Å². The summed E-state index contributed by atoms with van der Waals surface area (Å²) in [5.74, 6) is 1.82. The zero-order valence-corrected chi connectivity index (χ0v) is 17.4. The molecule has 3 rings (SSSR count). The zero-order chi connectivity index (χ0) is 20.6. The van der Waals surface area contributed by atoms with E-state index in [4.69, 9.17) is 4.74 Å². The first-order chi connectivity index (χ1) is 14.1. The van der Waals surface area contributed by atoms with Crippen molar-refractivity contribution in [2.24, 2.45) is 0 Å².